The third-order valence-corrected chi connectivity index (χ3v) is 1.57. The summed E-state index contributed by atoms with van der Waals surface area (Å²) < 4.78 is 4.88. The summed E-state index contributed by atoms with van der Waals surface area (Å²) in [5.74, 6) is 0. The van der Waals surface area contributed by atoms with Crippen LogP contribution in [0.2, 0.25) is 0 Å². The molecule has 0 radical (unpaired) electrons. The van der Waals surface area contributed by atoms with Gasteiger partial charge in [0.05, 0.1) is 6.61 Å². The smallest absolute Gasteiger partial charge is 0.0605 e. The molecule has 0 aliphatic carbocycles. The quantitative estimate of drug-likeness (QED) is 0.358. The van der Waals surface area contributed by atoms with Gasteiger partial charge in [-0.25, -0.2) is 5.43 Å². The molecule has 4 nitrogen and oxygen atoms in total. The zero-order valence-corrected chi connectivity index (χ0v) is 7.71. The normalized spacial score (nSPS) is 9.92. The number of hydrogen-bond acceptors (Lipinski definition) is 4. The Kier molecular flexibility index (Phi) is 4.08. The Bertz CT molecular complexity index is 235. The van der Waals surface area contributed by atoms with Gasteiger partial charge in [0.15, 0.2) is 0 Å². The molecule has 1 aromatic carbocycles. The molecule has 0 spiro atoms. The molecule has 13 heavy (non-hydrogen) atoms. The van der Waals surface area contributed by atoms with Gasteiger partial charge in [-0.15, -0.1) is 0 Å². The molecule has 0 saturated carbocycles. The van der Waals surface area contributed by atoms with Gasteiger partial charge in [0.1, 0.15) is 0 Å². The van der Waals surface area contributed by atoms with Crippen molar-refractivity contribution in [1.82, 2.24) is 5.43 Å². The predicted octanol–water partition coefficient (Wildman–Crippen LogP) is 0.832. The van der Waals surface area contributed by atoms with Crippen LogP contribution < -0.4 is 16.6 Å². The van der Waals surface area contributed by atoms with Crippen molar-refractivity contribution in [3.05, 3.63) is 24.3 Å². The van der Waals surface area contributed by atoms with Crippen molar-refractivity contribution in [1.29, 1.82) is 0 Å². The van der Waals surface area contributed by atoms with Gasteiger partial charge in [0.2, 0.25) is 0 Å². The maximum absolute atomic E-state index is 5.53. The first kappa shape index (κ1) is 9.83. The number of nitrogen functional groups attached to an aromatic ring is 1. The van der Waals surface area contributed by atoms with Crippen molar-refractivity contribution in [2.45, 2.75) is 0 Å². The standard InChI is InChI=1S/C9H15N3O/c1-13-7-6-11-12-9-4-2-8(10)3-5-9/h2-5,11-12H,6-7,10H2,1H3. The number of nitrogens with one attached hydrogen (secondary N) is 2. The summed E-state index contributed by atoms with van der Waals surface area (Å²) in [4.78, 5) is 0. The molecule has 4 N–H and O–H groups in total. The van der Waals surface area contributed by atoms with Gasteiger partial charge in [-0.1, -0.05) is 0 Å². The van der Waals surface area contributed by atoms with E-state index < -0.39 is 0 Å². The maximum Gasteiger partial charge on any atom is 0.0605 e. The highest BCUT2D eigenvalue weighted by atomic mass is 16.5. The monoisotopic (exact) mass is 181 g/mol. The second-order valence-corrected chi connectivity index (χ2v) is 2.67. The van der Waals surface area contributed by atoms with Crippen LogP contribution >= 0.6 is 0 Å². The summed E-state index contributed by atoms with van der Waals surface area (Å²) in [7, 11) is 1.67. The summed E-state index contributed by atoms with van der Waals surface area (Å²) in [5.41, 5.74) is 13.3. The van der Waals surface area contributed by atoms with Crippen LogP contribution in [0.5, 0.6) is 0 Å². The van der Waals surface area contributed by atoms with Gasteiger partial charge in [0, 0.05) is 25.0 Å². The lowest BCUT2D eigenvalue weighted by molar-refractivity contribution is 0.201. The predicted molar refractivity (Wildman–Crippen MR) is 54.4 cm³/mol. The van der Waals surface area contributed by atoms with Crippen LogP contribution in [0.25, 0.3) is 0 Å². The minimum absolute atomic E-state index is 0.683. The fraction of sp³-hybridized carbons (Fsp3) is 0.333. The number of ether oxygens (including phenoxy) is 1. The minimum Gasteiger partial charge on any atom is -0.399 e. The zero-order chi connectivity index (χ0) is 9.52. The number of anilines is 2. The molecule has 0 bridgehead atoms. The van der Waals surface area contributed by atoms with Crippen molar-refractivity contribution in [3.63, 3.8) is 0 Å². The van der Waals surface area contributed by atoms with E-state index in [1.807, 2.05) is 24.3 Å². The number of hydrogen-bond donors (Lipinski definition) is 3. The van der Waals surface area contributed by atoms with E-state index in [0.29, 0.717) is 6.61 Å². The molecule has 0 aliphatic heterocycles. The van der Waals surface area contributed by atoms with E-state index in [9.17, 15) is 0 Å². The number of methoxy groups -OCH3 is 1. The highest BCUT2D eigenvalue weighted by Gasteiger charge is 1.89. The Hall–Kier alpha value is -1.26. The van der Waals surface area contributed by atoms with Crippen LogP contribution in [0.1, 0.15) is 0 Å². The minimum atomic E-state index is 0.683. The van der Waals surface area contributed by atoms with E-state index in [4.69, 9.17) is 10.5 Å². The summed E-state index contributed by atoms with van der Waals surface area (Å²) in [6, 6.07) is 7.52. The van der Waals surface area contributed by atoms with Crippen molar-refractivity contribution < 1.29 is 4.74 Å². The van der Waals surface area contributed by atoms with Crippen molar-refractivity contribution in [2.24, 2.45) is 0 Å². The lowest BCUT2D eigenvalue weighted by atomic mass is 10.3. The molecule has 1 aromatic rings. The Morgan fingerprint density at radius 1 is 1.31 bits per heavy atom. The van der Waals surface area contributed by atoms with Crippen LogP contribution in [0.4, 0.5) is 11.4 Å². The lowest BCUT2D eigenvalue weighted by Gasteiger charge is -2.07. The summed E-state index contributed by atoms with van der Waals surface area (Å²) in [6.45, 7) is 1.45. The van der Waals surface area contributed by atoms with Crippen molar-refractivity contribution in [2.75, 3.05) is 31.4 Å². The number of rotatable bonds is 5. The SMILES string of the molecule is COCCNNc1ccc(N)cc1. The number of benzene rings is 1. The topological polar surface area (TPSA) is 59.3 Å². The van der Waals surface area contributed by atoms with E-state index in [0.717, 1.165) is 17.9 Å². The van der Waals surface area contributed by atoms with E-state index in [1.165, 1.54) is 0 Å². The van der Waals surface area contributed by atoms with E-state index in [-0.39, 0.29) is 0 Å². The third kappa shape index (κ3) is 3.78. The first-order chi connectivity index (χ1) is 6.33. The van der Waals surface area contributed by atoms with Crippen molar-refractivity contribution >= 4 is 11.4 Å². The van der Waals surface area contributed by atoms with Gasteiger partial charge in [-0.3, -0.25) is 0 Å². The lowest BCUT2D eigenvalue weighted by Crippen LogP contribution is -2.25. The third-order valence-electron chi connectivity index (χ3n) is 1.57. The van der Waals surface area contributed by atoms with Gasteiger partial charge in [-0.05, 0) is 24.3 Å². The molecule has 1 rings (SSSR count). The highest BCUT2D eigenvalue weighted by molar-refractivity contribution is 5.50. The van der Waals surface area contributed by atoms with Gasteiger partial charge in [0.25, 0.3) is 0 Å². The Labute approximate surface area is 78.0 Å². The summed E-state index contributed by atoms with van der Waals surface area (Å²) >= 11 is 0. The zero-order valence-electron chi connectivity index (χ0n) is 7.71. The molecule has 0 atom stereocenters. The molecular formula is C9H15N3O. The Balaban J connectivity index is 2.25. The molecule has 0 aliphatic rings. The van der Waals surface area contributed by atoms with E-state index in [2.05, 4.69) is 10.9 Å². The number of hydrazine groups is 1. The fourth-order valence-corrected chi connectivity index (χ4v) is 0.884. The summed E-state index contributed by atoms with van der Waals surface area (Å²) in [5, 5.41) is 0. The fourth-order valence-electron chi connectivity index (χ4n) is 0.884. The molecule has 0 saturated heterocycles. The second kappa shape index (κ2) is 5.40. The molecular weight excluding hydrogens is 166 g/mol. The van der Waals surface area contributed by atoms with Crippen LogP contribution in [-0.4, -0.2) is 20.3 Å². The number of nitrogens with two attached hydrogens (primary N) is 1. The van der Waals surface area contributed by atoms with Crippen LogP contribution in [0.15, 0.2) is 24.3 Å². The van der Waals surface area contributed by atoms with Gasteiger partial charge >= 0.3 is 0 Å². The summed E-state index contributed by atoms with van der Waals surface area (Å²) in [6.07, 6.45) is 0. The average molecular weight is 181 g/mol. The molecule has 0 heterocycles. The average Bonchev–Trinajstić information content (AvgIpc) is 2.15. The highest BCUT2D eigenvalue weighted by Crippen LogP contribution is 2.08. The Morgan fingerprint density at radius 3 is 2.62 bits per heavy atom. The second-order valence-electron chi connectivity index (χ2n) is 2.67. The molecule has 4 heteroatoms. The van der Waals surface area contributed by atoms with Crippen LogP contribution in [-0.2, 0) is 4.74 Å². The van der Waals surface area contributed by atoms with Gasteiger partial charge in [-0.2, -0.15) is 0 Å². The first-order valence-electron chi connectivity index (χ1n) is 4.16. The largest absolute Gasteiger partial charge is 0.399 e. The van der Waals surface area contributed by atoms with Gasteiger partial charge < -0.3 is 15.9 Å². The molecule has 0 aromatic heterocycles. The van der Waals surface area contributed by atoms with Crippen LogP contribution in [0, 0.1) is 0 Å². The first-order valence-corrected chi connectivity index (χ1v) is 4.16. The van der Waals surface area contributed by atoms with Crippen LogP contribution in [0.3, 0.4) is 0 Å². The molecule has 0 unspecified atom stereocenters. The maximum atomic E-state index is 5.53. The van der Waals surface area contributed by atoms with Crippen molar-refractivity contribution in [3.8, 4) is 0 Å². The van der Waals surface area contributed by atoms with E-state index >= 15 is 0 Å². The Morgan fingerprint density at radius 2 is 2.00 bits per heavy atom. The molecule has 0 fully saturated rings. The van der Waals surface area contributed by atoms with E-state index in [1.54, 1.807) is 7.11 Å². The molecule has 0 amide bonds. The molecule has 72 valence electrons.